The number of fused-ring (bicyclic) bond motifs is 4. The first-order valence-corrected chi connectivity index (χ1v) is 10.4. The number of aromatic nitrogens is 2. The zero-order valence-electron chi connectivity index (χ0n) is 16.9. The van der Waals surface area contributed by atoms with Crippen LogP contribution in [0.2, 0.25) is 0 Å². The molecule has 0 atom stereocenters. The van der Waals surface area contributed by atoms with Gasteiger partial charge in [0, 0.05) is 55.0 Å². The predicted octanol–water partition coefficient (Wildman–Crippen LogP) is 3.86. The first-order chi connectivity index (χ1) is 14.7. The predicted molar refractivity (Wildman–Crippen MR) is 115 cm³/mol. The van der Waals surface area contributed by atoms with Crippen molar-refractivity contribution in [2.45, 2.75) is 13.0 Å². The minimum Gasteiger partial charge on any atom is -0.423 e. The van der Waals surface area contributed by atoms with Crippen molar-refractivity contribution in [3.05, 3.63) is 53.5 Å². The number of hydrogen-bond donors (Lipinski definition) is 0. The number of rotatable bonds is 2. The summed E-state index contributed by atoms with van der Waals surface area (Å²) in [6.45, 7) is 4.69. The van der Waals surface area contributed by atoms with E-state index in [0.29, 0.717) is 19.2 Å². The molecule has 0 saturated carbocycles. The third kappa shape index (κ3) is 2.76. The fourth-order valence-electron chi connectivity index (χ4n) is 4.74. The molecule has 2 aromatic heterocycles. The summed E-state index contributed by atoms with van der Waals surface area (Å²) >= 11 is 0. The van der Waals surface area contributed by atoms with Gasteiger partial charge in [-0.3, -0.25) is 0 Å². The van der Waals surface area contributed by atoms with Gasteiger partial charge in [-0.25, -0.2) is 4.39 Å². The second kappa shape index (κ2) is 6.74. The molecule has 7 heteroatoms. The molecule has 0 radical (unpaired) electrons. The lowest BCUT2D eigenvalue weighted by molar-refractivity contribution is 0.120. The van der Waals surface area contributed by atoms with Crippen LogP contribution in [0.1, 0.15) is 11.3 Å². The molecule has 2 aromatic carbocycles. The molecule has 0 unspecified atom stereocenters. The van der Waals surface area contributed by atoms with Crippen molar-refractivity contribution in [2.75, 3.05) is 42.6 Å². The summed E-state index contributed by atoms with van der Waals surface area (Å²) in [5, 5.41) is 1.04. The van der Waals surface area contributed by atoms with E-state index in [2.05, 4.69) is 38.5 Å². The highest BCUT2D eigenvalue weighted by Crippen LogP contribution is 2.34. The van der Waals surface area contributed by atoms with Gasteiger partial charge in [0.05, 0.1) is 19.8 Å². The summed E-state index contributed by atoms with van der Waals surface area (Å²) in [7, 11) is 2.07. The van der Waals surface area contributed by atoms with Gasteiger partial charge in [-0.1, -0.05) is 0 Å². The summed E-state index contributed by atoms with van der Waals surface area (Å²) in [5.41, 5.74) is 6.39. The van der Waals surface area contributed by atoms with Crippen LogP contribution in [0.5, 0.6) is 0 Å². The monoisotopic (exact) mass is 406 g/mol. The average molecular weight is 406 g/mol. The normalized spacial score (nSPS) is 17.1. The second-order valence-corrected chi connectivity index (χ2v) is 8.07. The van der Waals surface area contributed by atoms with Gasteiger partial charge >= 0.3 is 0 Å². The zero-order valence-corrected chi connectivity index (χ0v) is 16.9. The summed E-state index contributed by atoms with van der Waals surface area (Å²) in [5.74, 6) is -0.176. The second-order valence-electron chi connectivity index (χ2n) is 8.07. The molecule has 4 aromatic rings. The summed E-state index contributed by atoms with van der Waals surface area (Å²) in [6.07, 6.45) is 0.892. The lowest BCUT2D eigenvalue weighted by Crippen LogP contribution is -2.36. The van der Waals surface area contributed by atoms with E-state index in [1.165, 1.54) is 17.3 Å². The van der Waals surface area contributed by atoms with Crippen molar-refractivity contribution in [3.63, 3.8) is 0 Å². The Morgan fingerprint density at radius 3 is 2.73 bits per heavy atom. The van der Waals surface area contributed by atoms with E-state index in [9.17, 15) is 4.39 Å². The smallest absolute Gasteiger partial charge is 0.298 e. The maximum absolute atomic E-state index is 13.8. The van der Waals surface area contributed by atoms with Crippen LogP contribution in [-0.4, -0.2) is 42.4 Å². The molecule has 0 aliphatic carbocycles. The molecule has 1 fully saturated rings. The maximum atomic E-state index is 13.8. The number of benzene rings is 2. The molecule has 6 nitrogen and oxygen atoms in total. The Morgan fingerprint density at radius 2 is 1.87 bits per heavy atom. The van der Waals surface area contributed by atoms with Gasteiger partial charge in [0.2, 0.25) is 0 Å². The molecule has 0 amide bonds. The zero-order chi connectivity index (χ0) is 20.2. The minimum absolute atomic E-state index is 0.176. The molecular formula is C23H23FN4O2. The van der Waals surface area contributed by atoms with E-state index in [-0.39, 0.29) is 5.82 Å². The Hall–Kier alpha value is -3.06. The molecule has 4 heterocycles. The van der Waals surface area contributed by atoms with E-state index in [4.69, 9.17) is 9.15 Å². The van der Waals surface area contributed by atoms with Gasteiger partial charge in [-0.2, -0.15) is 4.98 Å². The summed E-state index contributed by atoms with van der Waals surface area (Å²) < 4.78 is 27.5. The molecule has 2 aliphatic rings. The van der Waals surface area contributed by atoms with E-state index in [0.717, 1.165) is 60.3 Å². The largest absolute Gasteiger partial charge is 0.423 e. The first-order valence-electron chi connectivity index (χ1n) is 10.4. The van der Waals surface area contributed by atoms with E-state index < -0.39 is 0 Å². The fraction of sp³-hybridized carbons (Fsp3) is 0.348. The first kappa shape index (κ1) is 17.8. The summed E-state index contributed by atoms with van der Waals surface area (Å²) in [4.78, 5) is 9.14. The highest BCUT2D eigenvalue weighted by molar-refractivity contribution is 5.86. The number of nitrogens with zero attached hydrogens (tertiary/aromatic N) is 4. The van der Waals surface area contributed by atoms with Crippen molar-refractivity contribution < 1.29 is 13.5 Å². The van der Waals surface area contributed by atoms with Crippen LogP contribution >= 0.6 is 0 Å². The van der Waals surface area contributed by atoms with E-state index >= 15 is 0 Å². The Morgan fingerprint density at radius 1 is 1.00 bits per heavy atom. The lowest BCUT2D eigenvalue weighted by atomic mass is 10.0. The van der Waals surface area contributed by atoms with Gasteiger partial charge in [0.1, 0.15) is 11.3 Å². The number of oxazole rings is 1. The molecule has 0 bridgehead atoms. The van der Waals surface area contributed by atoms with Crippen molar-refractivity contribution in [1.82, 2.24) is 9.55 Å². The number of aryl methyl sites for hydroxylation is 1. The minimum atomic E-state index is -0.176. The number of halogens is 1. The highest BCUT2D eigenvalue weighted by atomic mass is 19.1. The van der Waals surface area contributed by atoms with Crippen LogP contribution in [0, 0.1) is 5.82 Å². The van der Waals surface area contributed by atoms with Crippen LogP contribution in [0.4, 0.5) is 16.1 Å². The van der Waals surface area contributed by atoms with Crippen molar-refractivity contribution >= 4 is 33.7 Å². The quantitative estimate of drug-likeness (QED) is 0.506. The van der Waals surface area contributed by atoms with Crippen LogP contribution in [0.3, 0.4) is 0 Å². The van der Waals surface area contributed by atoms with E-state index in [1.54, 1.807) is 6.07 Å². The Bertz CT molecular complexity index is 1260. The van der Waals surface area contributed by atoms with Gasteiger partial charge < -0.3 is 23.5 Å². The average Bonchev–Trinajstić information content (AvgIpc) is 3.33. The highest BCUT2D eigenvalue weighted by Gasteiger charge is 2.24. The van der Waals surface area contributed by atoms with Gasteiger partial charge in [0.15, 0.2) is 5.58 Å². The number of morpholine rings is 1. The molecule has 1 saturated heterocycles. The molecule has 2 aliphatic heterocycles. The fourth-order valence-corrected chi connectivity index (χ4v) is 4.74. The molecule has 154 valence electrons. The number of anilines is 2. The van der Waals surface area contributed by atoms with Crippen LogP contribution < -0.4 is 9.80 Å². The maximum Gasteiger partial charge on any atom is 0.298 e. The standard InChI is InChI=1S/C23H23FN4O2/c1-26-20-5-2-15(24)12-18(20)17-6-7-28(14-21(17)26)16-3-4-19-22(13-16)30-23(25-19)27-8-10-29-11-9-27/h2-5,12-13H,6-11,14H2,1H3. The Labute approximate surface area is 173 Å². The third-order valence-electron chi connectivity index (χ3n) is 6.38. The molecule has 0 N–H and O–H groups in total. The van der Waals surface area contributed by atoms with Gasteiger partial charge in [0.25, 0.3) is 6.01 Å². The van der Waals surface area contributed by atoms with Gasteiger partial charge in [-0.15, -0.1) is 0 Å². The molecule has 6 rings (SSSR count). The summed E-state index contributed by atoms with van der Waals surface area (Å²) in [6, 6.07) is 12.0. The van der Waals surface area contributed by atoms with Crippen LogP contribution in [0.25, 0.3) is 22.0 Å². The number of ether oxygens (including phenoxy) is 1. The van der Waals surface area contributed by atoms with Gasteiger partial charge in [-0.05, 0) is 42.3 Å². The van der Waals surface area contributed by atoms with Crippen LogP contribution in [-0.2, 0) is 24.8 Å². The number of hydrogen-bond acceptors (Lipinski definition) is 5. The van der Waals surface area contributed by atoms with Crippen molar-refractivity contribution in [1.29, 1.82) is 0 Å². The SMILES string of the molecule is Cn1c2c(c3cc(F)ccc31)CCN(c1ccc3nc(N4CCOCC4)oc3c1)C2. The molecule has 0 spiro atoms. The topological polar surface area (TPSA) is 46.7 Å². The van der Waals surface area contributed by atoms with Crippen molar-refractivity contribution in [3.8, 4) is 0 Å². The van der Waals surface area contributed by atoms with Crippen LogP contribution in [0.15, 0.2) is 40.8 Å². The Balaban J connectivity index is 1.33. The van der Waals surface area contributed by atoms with E-state index in [1.807, 2.05) is 12.1 Å². The Kier molecular flexibility index (Phi) is 3.99. The van der Waals surface area contributed by atoms with Crippen molar-refractivity contribution in [2.24, 2.45) is 7.05 Å². The lowest BCUT2D eigenvalue weighted by Gasteiger charge is -2.30. The molecule has 30 heavy (non-hydrogen) atoms. The third-order valence-corrected chi connectivity index (χ3v) is 6.38. The molecular weight excluding hydrogens is 383 g/mol.